The minimum Gasteiger partial charge on any atom is -0.491 e. The van der Waals surface area contributed by atoms with Crippen LogP contribution < -0.4 is 4.74 Å². The topological polar surface area (TPSA) is 21.8 Å². The number of hydrogen-bond acceptors (Lipinski definition) is 2. The monoisotopic (exact) mass is 254 g/mol. The van der Waals surface area contributed by atoms with E-state index in [-0.39, 0.29) is 0 Å². The summed E-state index contributed by atoms with van der Waals surface area (Å²) in [5.41, 5.74) is 2.64. The van der Waals surface area contributed by atoms with Crippen molar-refractivity contribution < 1.29 is 9.47 Å². The Morgan fingerprint density at radius 1 is 1.05 bits per heavy atom. The van der Waals surface area contributed by atoms with Crippen molar-refractivity contribution in [3.05, 3.63) is 65.7 Å². The van der Waals surface area contributed by atoms with Gasteiger partial charge in [0.2, 0.25) is 0 Å². The van der Waals surface area contributed by atoms with Crippen molar-refractivity contribution in [1.82, 2.24) is 0 Å². The lowest BCUT2D eigenvalue weighted by molar-refractivity contribution is 0.263. The van der Waals surface area contributed by atoms with Crippen LogP contribution in [0.1, 0.15) is 24.0 Å². The van der Waals surface area contributed by atoms with Gasteiger partial charge >= 0.3 is 0 Å². The summed E-state index contributed by atoms with van der Waals surface area (Å²) < 4.78 is 10.8. The summed E-state index contributed by atoms with van der Waals surface area (Å²) in [6.07, 6.45) is 0.308. The van der Waals surface area contributed by atoms with Gasteiger partial charge in [0.25, 0.3) is 0 Å². The zero-order valence-corrected chi connectivity index (χ0v) is 11.1. The third-order valence-corrected chi connectivity index (χ3v) is 3.52. The summed E-state index contributed by atoms with van der Waals surface area (Å²) in [5.74, 6) is 1.32. The van der Waals surface area contributed by atoms with Crippen LogP contribution in [0.3, 0.4) is 0 Å². The van der Waals surface area contributed by atoms with Gasteiger partial charge < -0.3 is 9.47 Å². The SMILES string of the molecule is C[C@H](c1ccccc1)c1ccc(OC[C@H]2CO2)cc1. The molecule has 0 unspecified atom stereocenters. The van der Waals surface area contributed by atoms with E-state index in [1.807, 2.05) is 18.2 Å². The van der Waals surface area contributed by atoms with Crippen molar-refractivity contribution >= 4 is 0 Å². The van der Waals surface area contributed by atoms with Crippen molar-refractivity contribution in [2.45, 2.75) is 18.9 Å². The molecule has 1 aliphatic heterocycles. The molecule has 2 aromatic carbocycles. The Kier molecular flexibility index (Phi) is 3.51. The number of epoxide rings is 1. The second-order valence-electron chi connectivity index (χ2n) is 4.97. The summed E-state index contributed by atoms with van der Waals surface area (Å²) >= 11 is 0. The predicted octanol–water partition coefficient (Wildman–Crippen LogP) is 3.62. The van der Waals surface area contributed by atoms with Gasteiger partial charge in [0.05, 0.1) is 6.61 Å². The summed E-state index contributed by atoms with van der Waals surface area (Å²) in [5, 5.41) is 0. The van der Waals surface area contributed by atoms with Crippen LogP contribution in [-0.2, 0) is 4.74 Å². The molecule has 0 bridgehead atoms. The van der Waals surface area contributed by atoms with E-state index in [1.165, 1.54) is 11.1 Å². The smallest absolute Gasteiger partial charge is 0.119 e. The lowest BCUT2D eigenvalue weighted by Gasteiger charge is -2.13. The molecular formula is C17H18O2. The van der Waals surface area contributed by atoms with Gasteiger partial charge in [-0.05, 0) is 23.3 Å². The van der Waals surface area contributed by atoms with E-state index in [0.29, 0.717) is 18.6 Å². The quantitative estimate of drug-likeness (QED) is 0.760. The van der Waals surface area contributed by atoms with E-state index < -0.39 is 0 Å². The van der Waals surface area contributed by atoms with Crippen molar-refractivity contribution in [2.75, 3.05) is 13.2 Å². The van der Waals surface area contributed by atoms with Crippen LogP contribution in [0.15, 0.2) is 54.6 Å². The summed E-state index contributed by atoms with van der Waals surface area (Å²) in [7, 11) is 0. The van der Waals surface area contributed by atoms with Gasteiger partial charge in [0, 0.05) is 5.92 Å². The van der Waals surface area contributed by atoms with Gasteiger partial charge in [-0.2, -0.15) is 0 Å². The molecule has 98 valence electrons. The first-order valence-electron chi connectivity index (χ1n) is 6.72. The average Bonchev–Trinajstić information content (AvgIpc) is 3.30. The molecule has 2 aromatic rings. The lowest BCUT2D eigenvalue weighted by atomic mass is 9.93. The highest BCUT2D eigenvalue weighted by Crippen LogP contribution is 2.25. The highest BCUT2D eigenvalue weighted by atomic mass is 16.6. The molecule has 1 saturated heterocycles. The largest absolute Gasteiger partial charge is 0.491 e. The Labute approximate surface area is 114 Å². The van der Waals surface area contributed by atoms with E-state index in [2.05, 4.69) is 43.3 Å². The van der Waals surface area contributed by atoms with Gasteiger partial charge in [-0.1, -0.05) is 49.4 Å². The van der Waals surface area contributed by atoms with Crippen LogP contribution in [0, 0.1) is 0 Å². The molecule has 2 atom stereocenters. The van der Waals surface area contributed by atoms with E-state index in [1.54, 1.807) is 0 Å². The predicted molar refractivity (Wildman–Crippen MR) is 75.6 cm³/mol. The Morgan fingerprint density at radius 2 is 1.68 bits per heavy atom. The molecule has 0 N–H and O–H groups in total. The Bertz CT molecular complexity index is 515. The van der Waals surface area contributed by atoms with Crippen molar-refractivity contribution in [1.29, 1.82) is 0 Å². The molecular weight excluding hydrogens is 236 g/mol. The van der Waals surface area contributed by atoms with Crippen LogP contribution in [-0.4, -0.2) is 19.3 Å². The molecule has 0 amide bonds. The molecule has 0 radical (unpaired) electrons. The summed E-state index contributed by atoms with van der Waals surface area (Å²) in [4.78, 5) is 0. The molecule has 0 aliphatic carbocycles. The minimum absolute atomic E-state index is 0.308. The number of ether oxygens (including phenoxy) is 2. The zero-order valence-electron chi connectivity index (χ0n) is 11.1. The summed E-state index contributed by atoms with van der Waals surface area (Å²) in [6, 6.07) is 18.9. The van der Waals surface area contributed by atoms with Crippen LogP contribution in [0.25, 0.3) is 0 Å². The third-order valence-electron chi connectivity index (χ3n) is 3.52. The van der Waals surface area contributed by atoms with Crippen LogP contribution in [0.5, 0.6) is 5.75 Å². The fourth-order valence-corrected chi connectivity index (χ4v) is 2.14. The van der Waals surface area contributed by atoms with Crippen molar-refractivity contribution in [3.8, 4) is 5.75 Å². The number of benzene rings is 2. The van der Waals surface area contributed by atoms with Gasteiger partial charge in [-0.25, -0.2) is 0 Å². The first-order chi connectivity index (χ1) is 9.33. The van der Waals surface area contributed by atoms with E-state index in [9.17, 15) is 0 Å². The maximum atomic E-state index is 5.65. The fourth-order valence-electron chi connectivity index (χ4n) is 2.14. The first-order valence-corrected chi connectivity index (χ1v) is 6.72. The highest BCUT2D eigenvalue weighted by Gasteiger charge is 2.23. The maximum Gasteiger partial charge on any atom is 0.119 e. The van der Waals surface area contributed by atoms with Crippen LogP contribution in [0.4, 0.5) is 0 Å². The van der Waals surface area contributed by atoms with E-state index in [0.717, 1.165) is 12.4 Å². The third kappa shape index (κ3) is 3.15. The molecule has 0 aromatic heterocycles. The second kappa shape index (κ2) is 5.45. The van der Waals surface area contributed by atoms with Gasteiger partial charge in [0.1, 0.15) is 18.5 Å². The van der Waals surface area contributed by atoms with E-state index >= 15 is 0 Å². The standard InChI is InChI=1S/C17H18O2/c1-13(14-5-3-2-4-6-14)15-7-9-16(10-8-15)18-11-17-12-19-17/h2-10,13,17H,11-12H2,1H3/t13-,17+/m1/s1. The van der Waals surface area contributed by atoms with Gasteiger partial charge in [0.15, 0.2) is 0 Å². The van der Waals surface area contributed by atoms with Gasteiger partial charge in [-0.15, -0.1) is 0 Å². The van der Waals surface area contributed by atoms with Gasteiger partial charge in [-0.3, -0.25) is 0 Å². The second-order valence-corrected chi connectivity index (χ2v) is 4.97. The normalized spacial score (nSPS) is 18.9. The molecule has 1 aliphatic rings. The van der Waals surface area contributed by atoms with Crippen LogP contribution in [0.2, 0.25) is 0 Å². The van der Waals surface area contributed by atoms with Crippen molar-refractivity contribution in [3.63, 3.8) is 0 Å². The molecule has 2 heteroatoms. The fraction of sp³-hybridized carbons (Fsp3) is 0.294. The van der Waals surface area contributed by atoms with Crippen LogP contribution >= 0.6 is 0 Å². The first kappa shape index (κ1) is 12.2. The van der Waals surface area contributed by atoms with Crippen molar-refractivity contribution in [2.24, 2.45) is 0 Å². The molecule has 3 rings (SSSR count). The number of rotatable bonds is 5. The Hall–Kier alpha value is -1.80. The zero-order chi connectivity index (χ0) is 13.1. The lowest BCUT2D eigenvalue weighted by Crippen LogP contribution is -2.04. The molecule has 1 fully saturated rings. The summed E-state index contributed by atoms with van der Waals surface area (Å²) in [6.45, 7) is 3.72. The highest BCUT2D eigenvalue weighted by molar-refractivity contribution is 5.35. The minimum atomic E-state index is 0.308. The molecule has 0 spiro atoms. The van der Waals surface area contributed by atoms with E-state index in [4.69, 9.17) is 9.47 Å². The molecule has 19 heavy (non-hydrogen) atoms. The number of hydrogen-bond donors (Lipinski definition) is 0. The molecule has 0 saturated carbocycles. The Morgan fingerprint density at radius 3 is 2.32 bits per heavy atom. The maximum absolute atomic E-state index is 5.65. The molecule has 1 heterocycles. The molecule has 2 nitrogen and oxygen atoms in total. The average molecular weight is 254 g/mol. The Balaban J connectivity index is 1.67.